The van der Waals surface area contributed by atoms with E-state index in [9.17, 15) is 14.0 Å². The Balaban J connectivity index is 1.58. The minimum atomic E-state index is -0.780. The summed E-state index contributed by atoms with van der Waals surface area (Å²) < 4.78 is 29.8. The topological polar surface area (TPSA) is 93.0 Å². The van der Waals surface area contributed by atoms with Crippen molar-refractivity contribution in [3.63, 3.8) is 0 Å². The number of ether oxygens (including phenoxy) is 2. The van der Waals surface area contributed by atoms with Gasteiger partial charge in [0, 0.05) is 6.54 Å². The predicted molar refractivity (Wildman–Crippen MR) is 127 cm³/mol. The Labute approximate surface area is 203 Å². The van der Waals surface area contributed by atoms with Gasteiger partial charge in [0.2, 0.25) is 5.91 Å². The third-order valence-corrected chi connectivity index (χ3v) is 6.07. The van der Waals surface area contributed by atoms with E-state index in [-0.39, 0.29) is 18.3 Å². The highest BCUT2D eigenvalue weighted by Crippen LogP contribution is 2.41. The number of hydrogen-bond donors (Lipinski definition) is 2. The molecule has 2 heterocycles. The van der Waals surface area contributed by atoms with Gasteiger partial charge in [-0.2, -0.15) is 0 Å². The van der Waals surface area contributed by atoms with Crippen LogP contribution in [0.4, 0.5) is 9.18 Å². The molecule has 8 nitrogen and oxygen atoms in total. The van der Waals surface area contributed by atoms with E-state index < -0.39 is 18.1 Å². The predicted octanol–water partition coefficient (Wildman–Crippen LogP) is 3.80. The minimum Gasteiger partial charge on any atom is -0.493 e. The van der Waals surface area contributed by atoms with Crippen molar-refractivity contribution in [2.75, 3.05) is 20.8 Å². The molecule has 0 aliphatic carbocycles. The maximum Gasteiger partial charge on any atom is 0.318 e. The van der Waals surface area contributed by atoms with Gasteiger partial charge in [-0.1, -0.05) is 12.1 Å². The number of fused-ring (bicyclic) bond motifs is 1. The third kappa shape index (κ3) is 5.24. The van der Waals surface area contributed by atoms with Crippen LogP contribution in [0.5, 0.6) is 11.5 Å². The fourth-order valence-corrected chi connectivity index (χ4v) is 4.24. The molecule has 184 valence electrons. The molecule has 0 saturated heterocycles. The largest absolute Gasteiger partial charge is 0.493 e. The number of carbonyl (C=O) groups is 2. The van der Waals surface area contributed by atoms with Crippen molar-refractivity contribution < 1.29 is 27.9 Å². The smallest absolute Gasteiger partial charge is 0.318 e. The zero-order valence-electron chi connectivity index (χ0n) is 19.8. The molecule has 9 heteroatoms. The zero-order chi connectivity index (χ0) is 24.9. The van der Waals surface area contributed by atoms with E-state index in [4.69, 9.17) is 13.9 Å². The summed E-state index contributed by atoms with van der Waals surface area (Å²) in [7, 11) is 3.12. The van der Waals surface area contributed by atoms with E-state index in [1.54, 1.807) is 50.3 Å². The van der Waals surface area contributed by atoms with E-state index in [1.807, 2.05) is 12.1 Å². The highest BCUT2D eigenvalue weighted by atomic mass is 19.1. The third-order valence-electron chi connectivity index (χ3n) is 6.07. The molecule has 4 rings (SSSR count). The van der Waals surface area contributed by atoms with E-state index in [0.717, 1.165) is 16.7 Å². The van der Waals surface area contributed by atoms with Crippen molar-refractivity contribution in [1.29, 1.82) is 0 Å². The van der Waals surface area contributed by atoms with E-state index in [2.05, 4.69) is 10.6 Å². The first-order valence-electron chi connectivity index (χ1n) is 11.3. The number of amides is 3. The lowest BCUT2D eigenvalue weighted by Gasteiger charge is -2.38. The summed E-state index contributed by atoms with van der Waals surface area (Å²) in [5.74, 6) is 1.05. The summed E-state index contributed by atoms with van der Waals surface area (Å²) in [6, 6.07) is 11.6. The van der Waals surface area contributed by atoms with Gasteiger partial charge in [0.15, 0.2) is 11.5 Å². The average molecular weight is 482 g/mol. The number of hydrogen-bond acceptors (Lipinski definition) is 5. The maximum atomic E-state index is 13.7. The number of halogens is 1. The van der Waals surface area contributed by atoms with Crippen LogP contribution >= 0.6 is 0 Å². The first-order valence-corrected chi connectivity index (χ1v) is 11.3. The van der Waals surface area contributed by atoms with Crippen molar-refractivity contribution in [3.8, 4) is 11.5 Å². The van der Waals surface area contributed by atoms with Gasteiger partial charge < -0.3 is 29.4 Å². The van der Waals surface area contributed by atoms with Crippen molar-refractivity contribution in [3.05, 3.63) is 83.1 Å². The van der Waals surface area contributed by atoms with Crippen LogP contribution in [0, 0.1) is 5.82 Å². The van der Waals surface area contributed by atoms with Crippen LogP contribution < -0.4 is 20.1 Å². The number of methoxy groups -OCH3 is 2. The zero-order valence-corrected chi connectivity index (χ0v) is 19.8. The SMILES string of the molecule is COc1cc2c(cc1OC)[C@H](c1ccc(F)cc1)N(C(=O)N[C@H](C)C(=O)NCc1ccco1)CC2. The molecule has 2 N–H and O–H groups in total. The molecule has 35 heavy (non-hydrogen) atoms. The minimum absolute atomic E-state index is 0.225. The van der Waals surface area contributed by atoms with Crippen LogP contribution in [-0.2, 0) is 17.8 Å². The molecular weight excluding hydrogens is 453 g/mol. The lowest BCUT2D eigenvalue weighted by molar-refractivity contribution is -0.122. The van der Waals surface area contributed by atoms with Crippen molar-refractivity contribution in [2.24, 2.45) is 0 Å². The average Bonchev–Trinajstić information content (AvgIpc) is 3.39. The Bertz CT molecular complexity index is 1180. The Hall–Kier alpha value is -4.01. The van der Waals surface area contributed by atoms with Gasteiger partial charge >= 0.3 is 6.03 Å². The molecule has 3 amide bonds. The molecule has 0 spiro atoms. The lowest BCUT2D eigenvalue weighted by Crippen LogP contribution is -2.52. The molecule has 3 aromatic rings. The Morgan fingerprint density at radius 3 is 2.51 bits per heavy atom. The van der Waals surface area contributed by atoms with Gasteiger partial charge in [0.05, 0.1) is 33.1 Å². The molecular formula is C26H28FN3O5. The van der Waals surface area contributed by atoms with Gasteiger partial charge in [-0.05, 0) is 66.4 Å². The van der Waals surface area contributed by atoms with E-state index in [1.165, 1.54) is 18.4 Å². The second-order valence-corrected chi connectivity index (χ2v) is 8.27. The Morgan fingerprint density at radius 2 is 1.86 bits per heavy atom. The Morgan fingerprint density at radius 1 is 1.14 bits per heavy atom. The number of carbonyl (C=O) groups excluding carboxylic acids is 2. The summed E-state index contributed by atoms with van der Waals surface area (Å²) in [4.78, 5) is 27.6. The second-order valence-electron chi connectivity index (χ2n) is 8.27. The highest BCUT2D eigenvalue weighted by Gasteiger charge is 2.34. The van der Waals surface area contributed by atoms with Crippen LogP contribution in [0.3, 0.4) is 0 Å². The van der Waals surface area contributed by atoms with Crippen LogP contribution in [0.25, 0.3) is 0 Å². The normalized spacial score (nSPS) is 15.7. The fourth-order valence-electron chi connectivity index (χ4n) is 4.24. The van der Waals surface area contributed by atoms with Crippen molar-refractivity contribution >= 4 is 11.9 Å². The molecule has 0 fully saturated rings. The van der Waals surface area contributed by atoms with E-state index >= 15 is 0 Å². The molecule has 0 radical (unpaired) electrons. The molecule has 1 aromatic heterocycles. The number of nitrogens with one attached hydrogen (secondary N) is 2. The van der Waals surface area contributed by atoms with Crippen LogP contribution in [0.1, 0.15) is 35.4 Å². The number of nitrogens with zero attached hydrogens (tertiary/aromatic N) is 1. The summed E-state index contributed by atoms with van der Waals surface area (Å²) >= 11 is 0. The monoisotopic (exact) mass is 481 g/mol. The van der Waals surface area contributed by atoms with Gasteiger partial charge in [0.1, 0.15) is 17.6 Å². The van der Waals surface area contributed by atoms with Crippen molar-refractivity contribution in [2.45, 2.75) is 32.0 Å². The molecule has 0 saturated carbocycles. The first-order chi connectivity index (χ1) is 16.9. The standard InChI is InChI=1S/C26H28FN3O5/c1-16(25(31)28-15-20-5-4-12-35-20)29-26(32)30-11-10-18-13-22(33-2)23(34-3)14-21(18)24(30)17-6-8-19(27)9-7-17/h4-9,12-14,16,24H,10-11,15H2,1-3H3,(H,28,31)(H,29,32)/t16-,24+/m1/s1. The number of urea groups is 1. The number of benzene rings is 2. The maximum absolute atomic E-state index is 13.7. The summed E-state index contributed by atoms with van der Waals surface area (Å²) in [6.07, 6.45) is 2.11. The summed E-state index contributed by atoms with van der Waals surface area (Å²) in [5.41, 5.74) is 2.60. The van der Waals surface area contributed by atoms with Crippen LogP contribution in [0.15, 0.2) is 59.2 Å². The second kappa shape index (κ2) is 10.5. The number of furan rings is 1. The van der Waals surface area contributed by atoms with Gasteiger partial charge in [-0.3, -0.25) is 4.79 Å². The summed E-state index contributed by atoms with van der Waals surface area (Å²) in [5, 5.41) is 5.53. The fraction of sp³-hybridized carbons (Fsp3) is 0.308. The van der Waals surface area contributed by atoms with Gasteiger partial charge in [0.25, 0.3) is 0 Å². The number of rotatable bonds is 7. The quantitative estimate of drug-likeness (QED) is 0.536. The van der Waals surface area contributed by atoms with Crippen molar-refractivity contribution in [1.82, 2.24) is 15.5 Å². The van der Waals surface area contributed by atoms with E-state index in [0.29, 0.717) is 30.2 Å². The lowest BCUT2D eigenvalue weighted by atomic mass is 9.88. The molecule has 1 aliphatic rings. The highest BCUT2D eigenvalue weighted by molar-refractivity contribution is 5.87. The first kappa shape index (κ1) is 24.1. The molecule has 2 atom stereocenters. The molecule has 2 aromatic carbocycles. The van der Waals surface area contributed by atoms with Gasteiger partial charge in [-0.15, -0.1) is 0 Å². The summed E-state index contributed by atoms with van der Waals surface area (Å²) in [6.45, 7) is 2.24. The molecule has 1 aliphatic heterocycles. The van der Waals surface area contributed by atoms with Gasteiger partial charge in [-0.25, -0.2) is 9.18 Å². The molecule has 0 unspecified atom stereocenters. The van der Waals surface area contributed by atoms with Crippen LogP contribution in [-0.4, -0.2) is 43.6 Å². The Kier molecular flexibility index (Phi) is 7.24. The molecule has 0 bridgehead atoms. The van der Waals surface area contributed by atoms with Crippen LogP contribution in [0.2, 0.25) is 0 Å².